The van der Waals surface area contributed by atoms with Crippen LogP contribution >= 0.6 is 23.2 Å². The maximum atomic E-state index is 12.3. The molecule has 0 aliphatic carbocycles. The lowest BCUT2D eigenvalue weighted by Crippen LogP contribution is -2.18. The third kappa shape index (κ3) is 5.57. The van der Waals surface area contributed by atoms with Crippen LogP contribution in [0.3, 0.4) is 0 Å². The van der Waals surface area contributed by atoms with Gasteiger partial charge >= 0.3 is 0 Å². The molecule has 3 aromatic rings. The van der Waals surface area contributed by atoms with Crippen LogP contribution in [0, 0.1) is 0 Å². The van der Waals surface area contributed by atoms with Crippen LogP contribution in [0.4, 0.5) is 5.69 Å². The first-order valence-electron chi connectivity index (χ1n) is 8.31. The van der Waals surface area contributed by atoms with Crippen molar-refractivity contribution in [2.75, 3.05) is 4.72 Å². The second kappa shape index (κ2) is 9.09. The minimum Gasteiger partial charge on any atom is -0.280 e. The van der Waals surface area contributed by atoms with E-state index in [2.05, 4.69) is 15.2 Å². The van der Waals surface area contributed by atoms with E-state index in [1.807, 2.05) is 0 Å². The number of hydrogen-bond acceptors (Lipinski definition) is 4. The van der Waals surface area contributed by atoms with Crippen molar-refractivity contribution in [2.24, 2.45) is 5.10 Å². The topological polar surface area (TPSA) is 87.6 Å². The summed E-state index contributed by atoms with van der Waals surface area (Å²) in [5, 5.41) is 4.77. The predicted molar refractivity (Wildman–Crippen MR) is 115 cm³/mol. The van der Waals surface area contributed by atoms with Gasteiger partial charge in [-0.25, -0.2) is 13.8 Å². The van der Waals surface area contributed by atoms with Crippen molar-refractivity contribution in [2.45, 2.75) is 4.90 Å². The van der Waals surface area contributed by atoms with Gasteiger partial charge in [-0.3, -0.25) is 9.52 Å². The first kappa shape index (κ1) is 20.9. The molecule has 0 aromatic heterocycles. The van der Waals surface area contributed by atoms with Gasteiger partial charge < -0.3 is 0 Å². The molecule has 148 valence electrons. The maximum Gasteiger partial charge on any atom is 0.271 e. The molecule has 3 rings (SSSR count). The fraction of sp³-hybridized carbons (Fsp3) is 0. The van der Waals surface area contributed by atoms with Crippen molar-refractivity contribution in [3.05, 3.63) is 94.0 Å². The van der Waals surface area contributed by atoms with Gasteiger partial charge in [-0.2, -0.15) is 5.10 Å². The Balaban J connectivity index is 1.63. The van der Waals surface area contributed by atoms with Crippen LogP contribution in [0.15, 0.2) is 82.8 Å². The summed E-state index contributed by atoms with van der Waals surface area (Å²) in [5.41, 5.74) is 3.63. The van der Waals surface area contributed by atoms with Crippen LogP contribution in [0.5, 0.6) is 0 Å². The highest BCUT2D eigenvalue weighted by molar-refractivity contribution is 7.92. The smallest absolute Gasteiger partial charge is 0.271 e. The van der Waals surface area contributed by atoms with E-state index in [9.17, 15) is 13.2 Å². The van der Waals surface area contributed by atoms with Gasteiger partial charge in [-0.05, 0) is 48.5 Å². The molecule has 0 spiro atoms. The summed E-state index contributed by atoms with van der Waals surface area (Å²) < 4.78 is 27.1. The van der Waals surface area contributed by atoms with Crippen molar-refractivity contribution in [1.82, 2.24) is 5.43 Å². The van der Waals surface area contributed by atoms with Gasteiger partial charge in [0.05, 0.1) is 16.1 Å². The monoisotopic (exact) mass is 447 g/mol. The maximum absolute atomic E-state index is 12.3. The number of amides is 1. The number of hydrogen-bond donors (Lipinski definition) is 2. The van der Waals surface area contributed by atoms with E-state index in [4.69, 9.17) is 23.2 Å². The largest absolute Gasteiger partial charge is 0.280 e. The van der Waals surface area contributed by atoms with E-state index in [-0.39, 0.29) is 4.90 Å². The van der Waals surface area contributed by atoms with Crippen molar-refractivity contribution in [3.8, 4) is 0 Å². The van der Waals surface area contributed by atoms with Crippen molar-refractivity contribution >= 4 is 51.0 Å². The highest BCUT2D eigenvalue weighted by Crippen LogP contribution is 2.19. The average Bonchev–Trinajstić information content (AvgIpc) is 2.70. The highest BCUT2D eigenvalue weighted by atomic mass is 35.5. The van der Waals surface area contributed by atoms with E-state index in [1.165, 1.54) is 42.6 Å². The summed E-state index contributed by atoms with van der Waals surface area (Å²) >= 11 is 11.9. The predicted octanol–water partition coefficient (Wildman–Crippen LogP) is 4.56. The molecule has 6 nitrogen and oxygen atoms in total. The molecule has 0 bridgehead atoms. The SMILES string of the molecule is O=C(N/N=C\c1ccc(Cl)cc1Cl)c1ccc(NS(=O)(=O)c2ccccc2)cc1. The van der Waals surface area contributed by atoms with Crippen molar-refractivity contribution < 1.29 is 13.2 Å². The zero-order valence-corrected chi connectivity index (χ0v) is 17.2. The van der Waals surface area contributed by atoms with E-state index in [0.29, 0.717) is 26.9 Å². The molecule has 0 heterocycles. The van der Waals surface area contributed by atoms with Gasteiger partial charge in [-0.1, -0.05) is 47.5 Å². The summed E-state index contributed by atoms with van der Waals surface area (Å²) in [5.74, 6) is -0.455. The van der Waals surface area contributed by atoms with Gasteiger partial charge in [-0.15, -0.1) is 0 Å². The van der Waals surface area contributed by atoms with Crippen LogP contribution in [0.1, 0.15) is 15.9 Å². The van der Waals surface area contributed by atoms with Gasteiger partial charge in [0.25, 0.3) is 15.9 Å². The Hall–Kier alpha value is -2.87. The van der Waals surface area contributed by atoms with Crippen LogP contribution in [0.25, 0.3) is 0 Å². The van der Waals surface area contributed by atoms with E-state index in [0.717, 1.165) is 0 Å². The number of sulfonamides is 1. The molecule has 0 saturated carbocycles. The summed E-state index contributed by atoms with van der Waals surface area (Å²) in [6.45, 7) is 0. The highest BCUT2D eigenvalue weighted by Gasteiger charge is 2.13. The lowest BCUT2D eigenvalue weighted by atomic mass is 10.2. The number of anilines is 1. The van der Waals surface area contributed by atoms with Gasteiger partial charge in [0.15, 0.2) is 0 Å². The number of halogens is 2. The van der Waals surface area contributed by atoms with Crippen LogP contribution in [0.2, 0.25) is 10.0 Å². The third-order valence-electron chi connectivity index (χ3n) is 3.79. The first-order valence-corrected chi connectivity index (χ1v) is 10.6. The normalized spacial score (nSPS) is 11.4. The fourth-order valence-corrected chi connectivity index (χ4v) is 3.87. The first-order chi connectivity index (χ1) is 13.8. The van der Waals surface area contributed by atoms with Crippen molar-refractivity contribution in [3.63, 3.8) is 0 Å². The van der Waals surface area contributed by atoms with Crippen LogP contribution in [-0.2, 0) is 10.0 Å². The minimum absolute atomic E-state index is 0.150. The molecule has 0 fully saturated rings. The molecule has 9 heteroatoms. The molecule has 1 amide bonds. The molecule has 0 atom stereocenters. The molecule has 0 unspecified atom stereocenters. The van der Waals surface area contributed by atoms with Gasteiger partial charge in [0.1, 0.15) is 0 Å². The standard InChI is InChI=1S/C20H15Cl2N3O3S/c21-16-9-6-15(19(22)12-16)13-23-24-20(26)14-7-10-17(11-8-14)25-29(27,28)18-4-2-1-3-5-18/h1-13,25H,(H,24,26)/b23-13-. The van der Waals surface area contributed by atoms with Crippen LogP contribution in [-0.4, -0.2) is 20.5 Å². The minimum atomic E-state index is -3.69. The molecule has 29 heavy (non-hydrogen) atoms. The number of nitrogens with one attached hydrogen (secondary N) is 2. The number of carbonyl (C=O) groups is 1. The van der Waals surface area contributed by atoms with E-state index < -0.39 is 15.9 Å². The van der Waals surface area contributed by atoms with Crippen LogP contribution < -0.4 is 10.1 Å². The summed E-state index contributed by atoms with van der Waals surface area (Å²) in [7, 11) is -3.69. The van der Waals surface area contributed by atoms with Crippen molar-refractivity contribution in [1.29, 1.82) is 0 Å². The second-order valence-corrected chi connectivity index (χ2v) is 8.39. The second-order valence-electron chi connectivity index (χ2n) is 5.86. The molecular weight excluding hydrogens is 433 g/mol. The number of nitrogens with zero attached hydrogens (tertiary/aromatic N) is 1. The zero-order chi connectivity index (χ0) is 20.9. The van der Waals surface area contributed by atoms with E-state index in [1.54, 1.807) is 36.4 Å². The number of hydrazone groups is 1. The summed E-state index contributed by atoms with van der Waals surface area (Å²) in [6, 6.07) is 18.9. The Kier molecular flexibility index (Phi) is 6.53. The molecule has 0 radical (unpaired) electrons. The van der Waals surface area contributed by atoms with Gasteiger partial charge in [0, 0.05) is 21.8 Å². The molecule has 0 saturated heterocycles. The summed E-state index contributed by atoms with van der Waals surface area (Å²) in [6.07, 6.45) is 1.40. The molecule has 0 aliphatic heterocycles. The number of benzene rings is 3. The Morgan fingerprint density at radius 2 is 1.62 bits per heavy atom. The van der Waals surface area contributed by atoms with E-state index >= 15 is 0 Å². The Labute approximate surface area is 178 Å². The Bertz CT molecular complexity index is 1150. The molecule has 2 N–H and O–H groups in total. The summed E-state index contributed by atoms with van der Waals surface area (Å²) in [4.78, 5) is 12.3. The average molecular weight is 448 g/mol. The number of rotatable bonds is 6. The lowest BCUT2D eigenvalue weighted by Gasteiger charge is -2.08. The quantitative estimate of drug-likeness (QED) is 0.428. The zero-order valence-electron chi connectivity index (χ0n) is 14.8. The Morgan fingerprint density at radius 3 is 2.28 bits per heavy atom. The van der Waals surface area contributed by atoms with Gasteiger partial charge in [0.2, 0.25) is 0 Å². The molecular formula is C20H15Cl2N3O3S. The third-order valence-corrected chi connectivity index (χ3v) is 5.74. The fourth-order valence-electron chi connectivity index (χ4n) is 2.33. The number of carbonyl (C=O) groups excluding carboxylic acids is 1. The molecule has 3 aromatic carbocycles. The molecule has 0 aliphatic rings. The lowest BCUT2D eigenvalue weighted by molar-refractivity contribution is 0.0955. The Morgan fingerprint density at radius 1 is 0.931 bits per heavy atom.